The van der Waals surface area contributed by atoms with E-state index < -0.39 is 0 Å². The first-order valence-electron chi connectivity index (χ1n) is 10.7. The van der Waals surface area contributed by atoms with Crippen molar-refractivity contribution >= 4 is 34.9 Å². The number of H-pyrrole nitrogens is 1. The Morgan fingerprint density at radius 1 is 0.914 bits per heavy atom. The highest BCUT2D eigenvalue weighted by Crippen LogP contribution is 2.19. The van der Waals surface area contributed by atoms with Crippen molar-refractivity contribution in [3.63, 3.8) is 0 Å². The molecule has 0 spiro atoms. The van der Waals surface area contributed by atoms with Gasteiger partial charge < -0.3 is 34.8 Å². The Bertz CT molecular complexity index is 1350. The third-order valence-electron chi connectivity index (χ3n) is 5.28. The summed E-state index contributed by atoms with van der Waals surface area (Å²) >= 11 is 0. The van der Waals surface area contributed by atoms with Gasteiger partial charge in [0.15, 0.2) is 5.82 Å². The molecule has 0 unspecified atom stereocenters. The van der Waals surface area contributed by atoms with Crippen molar-refractivity contribution in [1.29, 1.82) is 0 Å². The van der Waals surface area contributed by atoms with Crippen LogP contribution in [0.2, 0.25) is 0 Å². The molecule has 0 aliphatic rings. The molecular weight excluding hydrogens is 450 g/mol. The molecule has 3 heterocycles. The summed E-state index contributed by atoms with van der Waals surface area (Å²) in [6.45, 7) is 0. The number of nitrogens with zero attached hydrogens (tertiary/aromatic N) is 3. The van der Waals surface area contributed by atoms with E-state index in [2.05, 4.69) is 25.9 Å². The van der Waals surface area contributed by atoms with E-state index in [1.807, 2.05) is 12.1 Å². The number of imidazole rings is 1. The molecule has 0 bridgehead atoms. The van der Waals surface area contributed by atoms with Gasteiger partial charge in [-0.3, -0.25) is 14.4 Å². The van der Waals surface area contributed by atoms with E-state index in [4.69, 9.17) is 4.74 Å². The first kappa shape index (κ1) is 23.4. The molecule has 3 aromatic heterocycles. The first-order chi connectivity index (χ1) is 16.8. The quantitative estimate of drug-likeness (QED) is 0.311. The number of amides is 3. The Morgan fingerprint density at radius 2 is 1.51 bits per heavy atom. The van der Waals surface area contributed by atoms with Crippen LogP contribution in [0, 0.1) is 0 Å². The molecule has 0 aliphatic heterocycles. The van der Waals surface area contributed by atoms with Crippen molar-refractivity contribution < 1.29 is 19.1 Å². The number of aromatic nitrogens is 4. The van der Waals surface area contributed by atoms with Crippen LogP contribution in [0.3, 0.4) is 0 Å². The lowest BCUT2D eigenvalue weighted by Gasteiger charge is -2.04. The van der Waals surface area contributed by atoms with Gasteiger partial charge in [-0.05, 0) is 29.8 Å². The van der Waals surface area contributed by atoms with Gasteiger partial charge in [-0.2, -0.15) is 0 Å². The van der Waals surface area contributed by atoms with Crippen molar-refractivity contribution in [3.8, 4) is 5.75 Å². The van der Waals surface area contributed by atoms with Crippen molar-refractivity contribution in [2.75, 3.05) is 23.1 Å². The fourth-order valence-electron chi connectivity index (χ4n) is 3.56. The zero-order valence-electron chi connectivity index (χ0n) is 19.5. The van der Waals surface area contributed by atoms with Crippen molar-refractivity contribution in [2.24, 2.45) is 14.1 Å². The van der Waals surface area contributed by atoms with Gasteiger partial charge in [-0.25, -0.2) is 4.98 Å². The number of ether oxygens (including phenoxy) is 1. The average molecular weight is 476 g/mol. The van der Waals surface area contributed by atoms with E-state index in [-0.39, 0.29) is 24.1 Å². The van der Waals surface area contributed by atoms with Crippen LogP contribution < -0.4 is 20.7 Å². The SMILES string of the molecule is COc1ccc(CC(=O)Nc2cc(C(=O)Nc3cc(C(=O)Nc4c[nH]cn4)n(C)c3)n(C)c2)cc1. The van der Waals surface area contributed by atoms with Crippen LogP contribution in [-0.2, 0) is 25.3 Å². The van der Waals surface area contributed by atoms with Crippen molar-refractivity contribution in [1.82, 2.24) is 19.1 Å². The summed E-state index contributed by atoms with van der Waals surface area (Å²) in [6.07, 6.45) is 6.51. The number of benzene rings is 1. The molecule has 11 heteroatoms. The summed E-state index contributed by atoms with van der Waals surface area (Å²) in [5.74, 6) is 0.168. The van der Waals surface area contributed by atoms with Gasteiger partial charge in [-0.1, -0.05) is 12.1 Å². The lowest BCUT2D eigenvalue weighted by molar-refractivity contribution is -0.115. The Hall–Kier alpha value is -4.80. The van der Waals surface area contributed by atoms with E-state index in [0.29, 0.717) is 28.6 Å². The molecule has 35 heavy (non-hydrogen) atoms. The topological polar surface area (TPSA) is 135 Å². The van der Waals surface area contributed by atoms with Gasteiger partial charge in [0.2, 0.25) is 5.91 Å². The van der Waals surface area contributed by atoms with E-state index >= 15 is 0 Å². The summed E-state index contributed by atoms with van der Waals surface area (Å²) in [7, 11) is 5.00. The highest BCUT2D eigenvalue weighted by atomic mass is 16.5. The smallest absolute Gasteiger partial charge is 0.273 e. The predicted octanol–water partition coefficient (Wildman–Crippen LogP) is 2.78. The van der Waals surface area contributed by atoms with Crippen LogP contribution in [0.1, 0.15) is 26.5 Å². The lowest BCUT2D eigenvalue weighted by Crippen LogP contribution is -2.15. The summed E-state index contributed by atoms with van der Waals surface area (Å²) < 4.78 is 8.35. The number of aryl methyl sites for hydroxylation is 2. The molecule has 4 aromatic rings. The third kappa shape index (κ3) is 5.58. The van der Waals surface area contributed by atoms with Crippen molar-refractivity contribution in [2.45, 2.75) is 6.42 Å². The van der Waals surface area contributed by atoms with E-state index in [0.717, 1.165) is 11.3 Å². The molecule has 4 rings (SSSR count). The molecule has 1 aromatic carbocycles. The number of rotatable bonds is 8. The van der Waals surface area contributed by atoms with E-state index in [1.165, 1.54) is 6.33 Å². The molecule has 11 nitrogen and oxygen atoms in total. The first-order valence-corrected chi connectivity index (χ1v) is 10.7. The number of hydrogen-bond acceptors (Lipinski definition) is 5. The number of aromatic amines is 1. The third-order valence-corrected chi connectivity index (χ3v) is 5.28. The Labute approximate surface area is 201 Å². The minimum absolute atomic E-state index is 0.188. The Kier molecular flexibility index (Phi) is 6.67. The Morgan fingerprint density at radius 3 is 2.09 bits per heavy atom. The van der Waals surface area contributed by atoms with Gasteiger partial charge in [0, 0.05) is 32.7 Å². The maximum absolute atomic E-state index is 12.9. The summed E-state index contributed by atoms with van der Waals surface area (Å²) in [4.78, 5) is 44.5. The summed E-state index contributed by atoms with van der Waals surface area (Å²) in [5.41, 5.74) is 2.49. The molecule has 0 atom stereocenters. The second-order valence-corrected chi connectivity index (χ2v) is 7.89. The second-order valence-electron chi connectivity index (χ2n) is 7.89. The number of anilines is 3. The summed E-state index contributed by atoms with van der Waals surface area (Å²) in [6, 6.07) is 10.4. The van der Waals surface area contributed by atoms with Gasteiger partial charge >= 0.3 is 0 Å². The van der Waals surface area contributed by atoms with Crippen LogP contribution in [0.5, 0.6) is 5.75 Å². The average Bonchev–Trinajstić information content (AvgIpc) is 3.55. The highest BCUT2D eigenvalue weighted by molar-refractivity contribution is 6.07. The molecule has 0 aliphatic carbocycles. The van der Waals surface area contributed by atoms with Crippen LogP contribution in [0.4, 0.5) is 17.2 Å². The largest absolute Gasteiger partial charge is 0.497 e. The van der Waals surface area contributed by atoms with Gasteiger partial charge in [0.05, 0.1) is 31.2 Å². The minimum Gasteiger partial charge on any atom is -0.497 e. The van der Waals surface area contributed by atoms with Gasteiger partial charge in [0.25, 0.3) is 11.8 Å². The molecular formula is C24H25N7O4. The van der Waals surface area contributed by atoms with Crippen molar-refractivity contribution in [3.05, 3.63) is 78.3 Å². The molecule has 0 saturated heterocycles. The zero-order chi connectivity index (χ0) is 24.9. The highest BCUT2D eigenvalue weighted by Gasteiger charge is 2.17. The van der Waals surface area contributed by atoms with Crippen LogP contribution >= 0.6 is 0 Å². The monoisotopic (exact) mass is 475 g/mol. The van der Waals surface area contributed by atoms with E-state index in [1.54, 1.807) is 73.2 Å². The predicted molar refractivity (Wildman–Crippen MR) is 131 cm³/mol. The minimum atomic E-state index is -0.381. The second kappa shape index (κ2) is 10.00. The maximum atomic E-state index is 12.9. The normalized spacial score (nSPS) is 10.6. The molecule has 0 fully saturated rings. The molecule has 0 radical (unpaired) electrons. The summed E-state index contributed by atoms with van der Waals surface area (Å²) in [5, 5.41) is 8.26. The van der Waals surface area contributed by atoms with Gasteiger partial charge in [-0.15, -0.1) is 0 Å². The number of methoxy groups -OCH3 is 1. The fraction of sp³-hybridized carbons (Fsp3) is 0.167. The van der Waals surface area contributed by atoms with Gasteiger partial charge in [0.1, 0.15) is 17.1 Å². The standard InChI is InChI=1S/C24H25N7O4/c1-30-12-16(27-22(32)8-15-4-6-18(35-3)7-5-15)9-19(30)23(33)28-17-10-20(31(2)13-17)24(34)29-21-11-25-14-26-21/h4-7,9-14H,8H2,1-3H3,(H,25,26)(H,27,32)(H,28,33)(H,29,34). The number of carbonyl (C=O) groups excluding carboxylic acids is 3. The molecule has 3 amide bonds. The van der Waals surface area contributed by atoms with Crippen LogP contribution in [-0.4, -0.2) is 43.9 Å². The number of carbonyl (C=O) groups is 3. The molecule has 0 saturated carbocycles. The van der Waals surface area contributed by atoms with Crippen LogP contribution in [0.15, 0.2) is 61.3 Å². The zero-order valence-corrected chi connectivity index (χ0v) is 19.5. The fourth-order valence-corrected chi connectivity index (χ4v) is 3.56. The number of hydrogen-bond donors (Lipinski definition) is 4. The number of nitrogens with one attached hydrogen (secondary N) is 4. The molecule has 4 N–H and O–H groups in total. The maximum Gasteiger partial charge on any atom is 0.273 e. The van der Waals surface area contributed by atoms with E-state index in [9.17, 15) is 14.4 Å². The Balaban J connectivity index is 1.38. The molecule has 180 valence electrons. The van der Waals surface area contributed by atoms with Crippen LogP contribution in [0.25, 0.3) is 0 Å². The lowest BCUT2D eigenvalue weighted by atomic mass is 10.1.